The third-order valence-electron chi connectivity index (χ3n) is 3.27. The lowest BCUT2D eigenvalue weighted by atomic mass is 9.99. The van der Waals surface area contributed by atoms with Crippen LogP contribution in [0.5, 0.6) is 0 Å². The molecular formula is C18H30N2. The van der Waals surface area contributed by atoms with Crippen molar-refractivity contribution in [3.63, 3.8) is 0 Å². The molecule has 1 aromatic rings. The smallest absolute Gasteiger partial charge is 0.0995 e. The fraction of sp³-hybridized carbons (Fsp3) is 0.611. The molecule has 0 bridgehead atoms. The first-order chi connectivity index (χ1) is 9.79. The highest BCUT2D eigenvalue weighted by Crippen LogP contribution is 2.19. The molecule has 0 aromatic heterocycles. The molecule has 1 fully saturated rings. The number of hydrogen-bond acceptors (Lipinski definition) is 2. The lowest BCUT2D eigenvalue weighted by Crippen LogP contribution is -2.33. The molecule has 0 spiro atoms. The van der Waals surface area contributed by atoms with E-state index in [4.69, 9.17) is 5.26 Å². The maximum absolute atomic E-state index is 9.03. The third kappa shape index (κ3) is 6.21. The standard InChI is InChI=1S/C14H18N2.2C2H6/c1-12-5-4-8-16(10-12)11-14-7-3-2-6-13(14)9-15;2*1-2/h2-3,6-7,12H,4-5,8,10-11H2,1H3;2*1-2H3. The van der Waals surface area contributed by atoms with Gasteiger partial charge in [-0.3, -0.25) is 4.90 Å². The average molecular weight is 274 g/mol. The molecule has 1 atom stereocenters. The van der Waals surface area contributed by atoms with Crippen LogP contribution < -0.4 is 0 Å². The fourth-order valence-corrected chi connectivity index (χ4v) is 2.44. The summed E-state index contributed by atoms with van der Waals surface area (Å²) in [6.45, 7) is 13.6. The normalized spacial score (nSPS) is 17.9. The molecule has 1 aliphatic heterocycles. The molecule has 0 N–H and O–H groups in total. The Morgan fingerprint density at radius 1 is 1.20 bits per heavy atom. The van der Waals surface area contributed by atoms with Crippen LogP contribution >= 0.6 is 0 Å². The van der Waals surface area contributed by atoms with E-state index in [1.807, 2.05) is 45.9 Å². The summed E-state index contributed by atoms with van der Waals surface area (Å²) in [7, 11) is 0. The highest BCUT2D eigenvalue weighted by molar-refractivity contribution is 5.37. The monoisotopic (exact) mass is 274 g/mol. The summed E-state index contributed by atoms with van der Waals surface area (Å²) in [6.07, 6.45) is 2.63. The first-order valence-corrected chi connectivity index (χ1v) is 8.00. The summed E-state index contributed by atoms with van der Waals surface area (Å²) in [5.74, 6) is 0.794. The Balaban J connectivity index is 0.000000829. The van der Waals surface area contributed by atoms with Crippen LogP contribution in [0.3, 0.4) is 0 Å². The number of nitriles is 1. The van der Waals surface area contributed by atoms with Gasteiger partial charge in [-0.1, -0.05) is 52.8 Å². The van der Waals surface area contributed by atoms with Crippen LogP contribution in [-0.2, 0) is 6.54 Å². The summed E-state index contributed by atoms with van der Waals surface area (Å²) in [5.41, 5.74) is 1.99. The van der Waals surface area contributed by atoms with Crippen LogP contribution in [0, 0.1) is 17.2 Å². The first-order valence-electron chi connectivity index (χ1n) is 8.00. The molecule has 0 amide bonds. The minimum atomic E-state index is 0.794. The second kappa shape index (κ2) is 11.5. The molecule has 1 unspecified atom stereocenters. The van der Waals surface area contributed by atoms with Gasteiger partial charge in [-0.15, -0.1) is 0 Å². The van der Waals surface area contributed by atoms with Crippen molar-refractivity contribution in [3.8, 4) is 6.07 Å². The second-order valence-electron chi connectivity index (χ2n) is 4.75. The molecule has 2 nitrogen and oxygen atoms in total. The minimum Gasteiger partial charge on any atom is -0.299 e. The van der Waals surface area contributed by atoms with Crippen molar-refractivity contribution < 1.29 is 0 Å². The van der Waals surface area contributed by atoms with Gasteiger partial charge in [0.15, 0.2) is 0 Å². The van der Waals surface area contributed by atoms with E-state index in [1.54, 1.807) is 0 Å². The number of nitrogens with zero attached hydrogens (tertiary/aromatic N) is 2. The van der Waals surface area contributed by atoms with E-state index in [-0.39, 0.29) is 0 Å². The quantitative estimate of drug-likeness (QED) is 0.771. The van der Waals surface area contributed by atoms with Crippen molar-refractivity contribution in [3.05, 3.63) is 35.4 Å². The predicted molar refractivity (Wildman–Crippen MR) is 87.5 cm³/mol. The van der Waals surface area contributed by atoms with E-state index in [1.165, 1.54) is 31.5 Å². The molecule has 0 radical (unpaired) electrons. The van der Waals surface area contributed by atoms with Crippen molar-refractivity contribution in [2.24, 2.45) is 5.92 Å². The molecule has 1 saturated heterocycles. The molecule has 1 heterocycles. The number of hydrogen-bond donors (Lipinski definition) is 0. The summed E-state index contributed by atoms with van der Waals surface area (Å²) in [5, 5.41) is 9.03. The van der Waals surface area contributed by atoms with Gasteiger partial charge in [0.05, 0.1) is 11.6 Å². The number of rotatable bonds is 2. The van der Waals surface area contributed by atoms with E-state index in [2.05, 4.69) is 24.0 Å². The second-order valence-corrected chi connectivity index (χ2v) is 4.75. The molecule has 2 heteroatoms. The number of benzene rings is 1. The Hall–Kier alpha value is -1.33. The van der Waals surface area contributed by atoms with Crippen molar-refractivity contribution >= 4 is 0 Å². The zero-order valence-electron chi connectivity index (χ0n) is 13.8. The fourth-order valence-electron chi connectivity index (χ4n) is 2.44. The Labute approximate surface area is 125 Å². The molecule has 0 saturated carbocycles. The van der Waals surface area contributed by atoms with Crippen LogP contribution in [0.25, 0.3) is 0 Å². The van der Waals surface area contributed by atoms with Crippen molar-refractivity contribution in [1.82, 2.24) is 4.90 Å². The zero-order valence-corrected chi connectivity index (χ0v) is 13.8. The van der Waals surface area contributed by atoms with Crippen LogP contribution in [0.2, 0.25) is 0 Å². The maximum atomic E-state index is 9.03. The molecule has 1 aliphatic rings. The minimum absolute atomic E-state index is 0.794. The Kier molecular flexibility index (Phi) is 10.7. The van der Waals surface area contributed by atoms with Gasteiger partial charge in [0.2, 0.25) is 0 Å². The highest BCUT2D eigenvalue weighted by atomic mass is 15.1. The van der Waals surface area contributed by atoms with E-state index in [0.717, 1.165) is 18.0 Å². The Morgan fingerprint density at radius 3 is 2.45 bits per heavy atom. The van der Waals surface area contributed by atoms with Gasteiger partial charge in [-0.25, -0.2) is 0 Å². The zero-order chi connectivity index (χ0) is 15.4. The molecule has 20 heavy (non-hydrogen) atoms. The van der Waals surface area contributed by atoms with Gasteiger partial charge < -0.3 is 0 Å². The lowest BCUT2D eigenvalue weighted by Gasteiger charge is -2.31. The van der Waals surface area contributed by atoms with Crippen LogP contribution in [0.15, 0.2) is 24.3 Å². The van der Waals surface area contributed by atoms with E-state index < -0.39 is 0 Å². The lowest BCUT2D eigenvalue weighted by molar-refractivity contribution is 0.176. The first kappa shape index (κ1) is 18.7. The summed E-state index contributed by atoms with van der Waals surface area (Å²) in [4.78, 5) is 2.46. The van der Waals surface area contributed by atoms with E-state index in [9.17, 15) is 0 Å². The van der Waals surface area contributed by atoms with Crippen molar-refractivity contribution in [2.45, 2.75) is 54.0 Å². The molecule has 0 aliphatic carbocycles. The van der Waals surface area contributed by atoms with Gasteiger partial charge in [0.1, 0.15) is 0 Å². The van der Waals surface area contributed by atoms with Crippen LogP contribution in [-0.4, -0.2) is 18.0 Å². The van der Waals surface area contributed by atoms with Gasteiger partial charge in [-0.2, -0.15) is 5.26 Å². The van der Waals surface area contributed by atoms with Crippen LogP contribution in [0.4, 0.5) is 0 Å². The SMILES string of the molecule is CC.CC.CC1CCCN(Cc2ccccc2C#N)C1. The molecule has 1 aromatic carbocycles. The molecule has 112 valence electrons. The summed E-state index contributed by atoms with van der Waals surface area (Å²) >= 11 is 0. The predicted octanol–water partition coefficient (Wildman–Crippen LogP) is 4.84. The van der Waals surface area contributed by atoms with E-state index in [0.29, 0.717) is 0 Å². The van der Waals surface area contributed by atoms with Gasteiger partial charge in [-0.05, 0) is 36.9 Å². The molecule has 2 rings (SSSR count). The highest BCUT2D eigenvalue weighted by Gasteiger charge is 2.16. The third-order valence-corrected chi connectivity index (χ3v) is 3.27. The van der Waals surface area contributed by atoms with Crippen molar-refractivity contribution in [1.29, 1.82) is 5.26 Å². The average Bonchev–Trinajstić information content (AvgIpc) is 2.52. The summed E-state index contributed by atoms with van der Waals surface area (Å²) < 4.78 is 0. The van der Waals surface area contributed by atoms with Crippen LogP contribution in [0.1, 0.15) is 58.6 Å². The topological polar surface area (TPSA) is 27.0 Å². The maximum Gasteiger partial charge on any atom is 0.0995 e. The number of piperidine rings is 1. The van der Waals surface area contributed by atoms with E-state index >= 15 is 0 Å². The summed E-state index contributed by atoms with van der Waals surface area (Å²) in [6, 6.07) is 10.2. The van der Waals surface area contributed by atoms with Gasteiger partial charge in [0.25, 0.3) is 0 Å². The Bertz CT molecular complexity index is 393. The van der Waals surface area contributed by atoms with Gasteiger partial charge >= 0.3 is 0 Å². The van der Waals surface area contributed by atoms with Gasteiger partial charge in [0, 0.05) is 13.1 Å². The largest absolute Gasteiger partial charge is 0.299 e. The molecular weight excluding hydrogens is 244 g/mol. The number of likely N-dealkylation sites (tertiary alicyclic amines) is 1. The Morgan fingerprint density at radius 2 is 1.85 bits per heavy atom. The van der Waals surface area contributed by atoms with Crippen molar-refractivity contribution in [2.75, 3.05) is 13.1 Å².